The summed E-state index contributed by atoms with van der Waals surface area (Å²) in [5.41, 5.74) is 1.54. The van der Waals surface area contributed by atoms with E-state index < -0.39 is 0 Å². The Balaban J connectivity index is 1.80. The van der Waals surface area contributed by atoms with E-state index >= 15 is 0 Å². The molecule has 0 aliphatic carbocycles. The lowest BCUT2D eigenvalue weighted by Crippen LogP contribution is -2.21. The standard InChI is InChI=1S/C18H29N/c1-2-4-6-8-10-13-18-14-12-16-19(17-18)15-11-9-7-5-3-1/h1,3,12,14,17H,2,4-11,13,15-16H2. The number of fused-ring (bicyclic) bond motifs is 1. The normalized spacial score (nSPS) is 23.2. The second kappa shape index (κ2) is 9.01. The summed E-state index contributed by atoms with van der Waals surface area (Å²) < 4.78 is 0. The van der Waals surface area contributed by atoms with Crippen LogP contribution in [0.1, 0.15) is 64.2 Å². The molecule has 2 rings (SSSR count). The van der Waals surface area contributed by atoms with Gasteiger partial charge >= 0.3 is 0 Å². The highest BCUT2D eigenvalue weighted by molar-refractivity contribution is 5.22. The first-order valence-corrected chi connectivity index (χ1v) is 8.21. The second-order valence-electron chi connectivity index (χ2n) is 5.87. The van der Waals surface area contributed by atoms with Crippen molar-refractivity contribution in [3.05, 3.63) is 36.1 Å². The van der Waals surface area contributed by atoms with Crippen LogP contribution in [0.4, 0.5) is 0 Å². The third-order valence-corrected chi connectivity index (χ3v) is 4.09. The minimum Gasteiger partial charge on any atom is -0.373 e. The van der Waals surface area contributed by atoms with Crippen LogP contribution in [0.3, 0.4) is 0 Å². The van der Waals surface area contributed by atoms with Crippen molar-refractivity contribution in [3.8, 4) is 0 Å². The van der Waals surface area contributed by atoms with E-state index in [2.05, 4.69) is 35.4 Å². The van der Waals surface area contributed by atoms with E-state index in [1.807, 2.05) is 0 Å². The molecule has 0 aromatic heterocycles. The molecular weight excluding hydrogens is 230 g/mol. The molecule has 2 heterocycles. The van der Waals surface area contributed by atoms with Gasteiger partial charge < -0.3 is 4.90 Å². The quantitative estimate of drug-likeness (QED) is 0.540. The highest BCUT2D eigenvalue weighted by Crippen LogP contribution is 2.17. The molecule has 0 atom stereocenters. The average molecular weight is 259 g/mol. The van der Waals surface area contributed by atoms with Gasteiger partial charge in [-0.25, -0.2) is 0 Å². The Hall–Kier alpha value is -0.980. The highest BCUT2D eigenvalue weighted by Gasteiger charge is 2.05. The van der Waals surface area contributed by atoms with E-state index in [0.29, 0.717) is 0 Å². The number of allylic oxidation sites excluding steroid dienone is 4. The molecule has 0 aromatic carbocycles. The molecule has 1 nitrogen and oxygen atoms in total. The summed E-state index contributed by atoms with van der Waals surface area (Å²) in [6, 6.07) is 0. The lowest BCUT2D eigenvalue weighted by atomic mass is 10.0. The van der Waals surface area contributed by atoms with Crippen LogP contribution in [0.2, 0.25) is 0 Å². The van der Waals surface area contributed by atoms with Crippen molar-refractivity contribution in [2.45, 2.75) is 64.2 Å². The van der Waals surface area contributed by atoms with Crippen LogP contribution in [0.5, 0.6) is 0 Å². The average Bonchev–Trinajstić information content (AvgIpc) is 2.43. The molecule has 2 aliphatic rings. The molecule has 2 bridgehead atoms. The summed E-state index contributed by atoms with van der Waals surface area (Å²) in [5, 5.41) is 0. The predicted molar refractivity (Wildman–Crippen MR) is 84.1 cm³/mol. The van der Waals surface area contributed by atoms with Crippen molar-refractivity contribution in [3.63, 3.8) is 0 Å². The van der Waals surface area contributed by atoms with Gasteiger partial charge in [0.2, 0.25) is 0 Å². The molecule has 0 unspecified atom stereocenters. The fourth-order valence-corrected chi connectivity index (χ4v) is 2.91. The first-order chi connectivity index (χ1) is 9.45. The van der Waals surface area contributed by atoms with Crippen molar-refractivity contribution in [2.75, 3.05) is 13.1 Å². The van der Waals surface area contributed by atoms with Crippen molar-refractivity contribution in [2.24, 2.45) is 0 Å². The Bertz CT molecular complexity index is 325. The van der Waals surface area contributed by atoms with E-state index in [1.54, 1.807) is 5.57 Å². The van der Waals surface area contributed by atoms with Gasteiger partial charge in [-0.1, -0.05) is 43.6 Å². The zero-order valence-electron chi connectivity index (χ0n) is 12.3. The molecule has 0 aromatic rings. The molecule has 0 saturated carbocycles. The second-order valence-corrected chi connectivity index (χ2v) is 5.87. The molecule has 0 radical (unpaired) electrons. The molecule has 0 fully saturated rings. The van der Waals surface area contributed by atoms with Gasteiger partial charge in [0.15, 0.2) is 0 Å². The lowest BCUT2D eigenvalue weighted by Gasteiger charge is -2.23. The molecule has 19 heavy (non-hydrogen) atoms. The first-order valence-electron chi connectivity index (χ1n) is 8.21. The number of hydrogen-bond donors (Lipinski definition) is 0. The molecular formula is C18H29N. The fourth-order valence-electron chi connectivity index (χ4n) is 2.91. The van der Waals surface area contributed by atoms with E-state index in [0.717, 1.165) is 6.54 Å². The van der Waals surface area contributed by atoms with Gasteiger partial charge in [-0.2, -0.15) is 0 Å². The van der Waals surface area contributed by atoms with Crippen LogP contribution in [0.15, 0.2) is 36.1 Å². The van der Waals surface area contributed by atoms with Crippen molar-refractivity contribution >= 4 is 0 Å². The van der Waals surface area contributed by atoms with E-state index in [4.69, 9.17) is 0 Å². The van der Waals surface area contributed by atoms with Crippen LogP contribution in [-0.2, 0) is 0 Å². The summed E-state index contributed by atoms with van der Waals surface area (Å²) in [5.74, 6) is 0. The molecule has 0 amide bonds. The first kappa shape index (κ1) is 14.4. The SMILES string of the molecule is C1=CCCCCCN2C=C(C=CC2)CCCCCC1. The van der Waals surface area contributed by atoms with Gasteiger partial charge in [0.25, 0.3) is 0 Å². The summed E-state index contributed by atoms with van der Waals surface area (Å²) in [7, 11) is 0. The Kier molecular flexibility index (Phi) is 6.84. The third-order valence-electron chi connectivity index (χ3n) is 4.09. The summed E-state index contributed by atoms with van der Waals surface area (Å²) in [4.78, 5) is 2.50. The van der Waals surface area contributed by atoms with Crippen LogP contribution in [0, 0.1) is 0 Å². The number of hydrogen-bond acceptors (Lipinski definition) is 1. The molecule has 0 spiro atoms. The number of rotatable bonds is 0. The Labute approximate surface area is 119 Å². The van der Waals surface area contributed by atoms with E-state index in [9.17, 15) is 0 Å². The topological polar surface area (TPSA) is 3.24 Å². The van der Waals surface area contributed by atoms with Crippen molar-refractivity contribution in [1.29, 1.82) is 0 Å². The minimum absolute atomic E-state index is 1.11. The Morgan fingerprint density at radius 3 is 2.32 bits per heavy atom. The summed E-state index contributed by atoms with van der Waals surface area (Å²) >= 11 is 0. The summed E-state index contributed by atoms with van der Waals surface area (Å²) in [6.45, 7) is 2.35. The third kappa shape index (κ3) is 6.13. The number of nitrogens with zero attached hydrogens (tertiary/aromatic N) is 1. The van der Waals surface area contributed by atoms with E-state index in [1.165, 1.54) is 70.8 Å². The Morgan fingerprint density at radius 1 is 0.737 bits per heavy atom. The van der Waals surface area contributed by atoms with Gasteiger partial charge in [0.1, 0.15) is 0 Å². The summed E-state index contributed by atoms with van der Waals surface area (Å²) in [6.07, 6.45) is 25.3. The van der Waals surface area contributed by atoms with Gasteiger partial charge in [-0.05, 0) is 50.5 Å². The van der Waals surface area contributed by atoms with Gasteiger partial charge in [0, 0.05) is 19.3 Å². The monoisotopic (exact) mass is 259 g/mol. The molecule has 106 valence electrons. The largest absolute Gasteiger partial charge is 0.373 e. The van der Waals surface area contributed by atoms with Crippen molar-refractivity contribution in [1.82, 2.24) is 4.90 Å². The highest BCUT2D eigenvalue weighted by atomic mass is 15.1. The fraction of sp³-hybridized carbons (Fsp3) is 0.667. The molecule has 2 aliphatic heterocycles. The minimum atomic E-state index is 1.11. The van der Waals surface area contributed by atoms with Crippen LogP contribution in [0.25, 0.3) is 0 Å². The van der Waals surface area contributed by atoms with Crippen molar-refractivity contribution < 1.29 is 0 Å². The van der Waals surface area contributed by atoms with Crippen LogP contribution >= 0.6 is 0 Å². The maximum atomic E-state index is 2.50. The predicted octanol–water partition coefficient (Wildman–Crippen LogP) is 5.21. The zero-order valence-corrected chi connectivity index (χ0v) is 12.3. The maximum Gasteiger partial charge on any atom is 0.0357 e. The molecule has 0 N–H and O–H groups in total. The molecule has 0 saturated heterocycles. The van der Waals surface area contributed by atoms with Gasteiger partial charge in [-0.3, -0.25) is 0 Å². The van der Waals surface area contributed by atoms with Crippen LogP contribution < -0.4 is 0 Å². The zero-order chi connectivity index (χ0) is 13.2. The lowest BCUT2D eigenvalue weighted by molar-refractivity contribution is 0.390. The smallest absolute Gasteiger partial charge is 0.0357 e. The molecule has 1 heteroatoms. The Morgan fingerprint density at radius 2 is 1.47 bits per heavy atom. The van der Waals surface area contributed by atoms with Gasteiger partial charge in [-0.15, -0.1) is 0 Å². The van der Waals surface area contributed by atoms with E-state index in [-0.39, 0.29) is 0 Å². The maximum absolute atomic E-state index is 2.50. The van der Waals surface area contributed by atoms with Crippen LogP contribution in [-0.4, -0.2) is 18.0 Å². The van der Waals surface area contributed by atoms with Gasteiger partial charge in [0.05, 0.1) is 0 Å².